The Morgan fingerprint density at radius 2 is 1.97 bits per heavy atom. The molecule has 0 aliphatic carbocycles. The number of halogens is 1. The first-order chi connectivity index (χ1) is 14.1. The molecule has 3 heterocycles. The van der Waals surface area contributed by atoms with Crippen LogP contribution in [-0.4, -0.2) is 38.6 Å². The van der Waals surface area contributed by atoms with E-state index in [2.05, 4.69) is 9.97 Å². The van der Waals surface area contributed by atoms with Crippen molar-refractivity contribution in [3.63, 3.8) is 0 Å². The van der Waals surface area contributed by atoms with Gasteiger partial charge in [0.2, 0.25) is 0 Å². The van der Waals surface area contributed by atoms with Crippen LogP contribution in [-0.2, 0) is 15.5 Å². The summed E-state index contributed by atoms with van der Waals surface area (Å²) < 4.78 is 31.7. The largest absolute Gasteiger partial charge is 0.396 e. The van der Waals surface area contributed by atoms with Gasteiger partial charge in [-0.15, -0.1) is 11.3 Å². The Labute approximate surface area is 173 Å². The van der Waals surface area contributed by atoms with Crippen molar-refractivity contribution in [2.45, 2.75) is 4.21 Å². The van der Waals surface area contributed by atoms with Crippen molar-refractivity contribution in [2.24, 2.45) is 0 Å². The van der Waals surface area contributed by atoms with Gasteiger partial charge in [0.25, 0.3) is 0 Å². The summed E-state index contributed by atoms with van der Waals surface area (Å²) in [5.41, 5.74) is 8.77. The highest BCUT2D eigenvalue weighted by molar-refractivity contribution is 7.87. The molecule has 148 valence electrons. The monoisotopic (exact) mass is 428 g/mol. The predicted molar refractivity (Wildman–Crippen MR) is 114 cm³/mol. The second kappa shape index (κ2) is 8.32. The van der Waals surface area contributed by atoms with E-state index in [1.165, 1.54) is 23.5 Å². The van der Waals surface area contributed by atoms with Crippen LogP contribution >= 0.6 is 11.3 Å². The van der Waals surface area contributed by atoms with Crippen molar-refractivity contribution in [2.75, 3.05) is 25.2 Å². The van der Waals surface area contributed by atoms with E-state index in [0.717, 1.165) is 5.56 Å². The lowest BCUT2D eigenvalue weighted by molar-refractivity contribution is 0.218. The lowest BCUT2D eigenvalue weighted by Crippen LogP contribution is -2.04. The summed E-state index contributed by atoms with van der Waals surface area (Å²) in [6.45, 7) is 0.359. The SMILES string of the molecule is COCC[S@@](=O)c1sc2nc(-c3cccnc3)nc(-c3ccc(F)cc3)c2c1N. The number of anilines is 1. The van der Waals surface area contributed by atoms with E-state index in [0.29, 0.717) is 49.6 Å². The van der Waals surface area contributed by atoms with Crippen molar-refractivity contribution in [3.05, 3.63) is 54.6 Å². The van der Waals surface area contributed by atoms with Crippen LogP contribution in [0.4, 0.5) is 10.1 Å². The maximum Gasteiger partial charge on any atom is 0.162 e. The number of nitrogens with two attached hydrogens (primary N) is 1. The van der Waals surface area contributed by atoms with Crippen LogP contribution < -0.4 is 5.73 Å². The molecule has 2 N–H and O–H groups in total. The van der Waals surface area contributed by atoms with Gasteiger partial charge < -0.3 is 10.5 Å². The Morgan fingerprint density at radius 1 is 1.17 bits per heavy atom. The topological polar surface area (TPSA) is 91.0 Å². The second-order valence-corrected chi connectivity index (χ2v) is 8.94. The molecule has 4 rings (SSSR count). The number of hydrogen-bond acceptors (Lipinski definition) is 7. The summed E-state index contributed by atoms with van der Waals surface area (Å²) in [7, 11) is 0.241. The van der Waals surface area contributed by atoms with Gasteiger partial charge >= 0.3 is 0 Å². The molecule has 0 saturated heterocycles. The molecule has 0 aliphatic heterocycles. The summed E-state index contributed by atoms with van der Waals surface area (Å²) in [4.78, 5) is 14.1. The third kappa shape index (κ3) is 3.89. The van der Waals surface area contributed by atoms with Crippen LogP contribution in [0, 0.1) is 5.82 Å². The normalized spacial score (nSPS) is 12.3. The predicted octanol–water partition coefficient (Wildman–Crippen LogP) is 3.90. The molecular formula is C20H17FN4O2S2. The fraction of sp³-hybridized carbons (Fsp3) is 0.150. The van der Waals surface area contributed by atoms with Crippen molar-refractivity contribution in [3.8, 4) is 22.6 Å². The van der Waals surface area contributed by atoms with E-state index < -0.39 is 10.8 Å². The van der Waals surface area contributed by atoms with Gasteiger partial charge in [0, 0.05) is 30.6 Å². The summed E-state index contributed by atoms with van der Waals surface area (Å²) >= 11 is 1.28. The molecule has 0 spiro atoms. The number of rotatable bonds is 6. The maximum atomic E-state index is 13.5. The van der Waals surface area contributed by atoms with E-state index in [4.69, 9.17) is 15.5 Å². The van der Waals surface area contributed by atoms with Crippen LogP contribution in [0.15, 0.2) is 53.0 Å². The molecule has 4 aromatic rings. The average Bonchev–Trinajstić information content (AvgIpc) is 3.09. The second-order valence-electron chi connectivity index (χ2n) is 6.17. The van der Waals surface area contributed by atoms with E-state index in [9.17, 15) is 8.60 Å². The Kier molecular flexibility index (Phi) is 5.61. The lowest BCUT2D eigenvalue weighted by Gasteiger charge is -2.07. The zero-order valence-corrected chi connectivity index (χ0v) is 17.1. The van der Waals surface area contributed by atoms with Gasteiger partial charge in [0.05, 0.1) is 39.9 Å². The first-order valence-corrected chi connectivity index (χ1v) is 10.9. The van der Waals surface area contributed by atoms with Crippen LogP contribution in [0.25, 0.3) is 32.9 Å². The number of thiophene rings is 1. The van der Waals surface area contributed by atoms with Gasteiger partial charge in [-0.2, -0.15) is 0 Å². The Balaban J connectivity index is 1.95. The van der Waals surface area contributed by atoms with Crippen LogP contribution in [0.3, 0.4) is 0 Å². The molecular weight excluding hydrogens is 411 g/mol. The van der Waals surface area contributed by atoms with Gasteiger partial charge in [-0.25, -0.2) is 14.4 Å². The number of nitrogens with zero attached hydrogens (tertiary/aromatic N) is 3. The van der Waals surface area contributed by atoms with Gasteiger partial charge in [0.15, 0.2) is 5.82 Å². The van der Waals surface area contributed by atoms with Crippen LogP contribution in [0.5, 0.6) is 0 Å². The molecule has 1 aromatic carbocycles. The minimum atomic E-state index is -1.32. The van der Waals surface area contributed by atoms with E-state index >= 15 is 0 Å². The molecule has 0 bridgehead atoms. The van der Waals surface area contributed by atoms with Gasteiger partial charge in [-0.05, 0) is 36.4 Å². The first kappa shape index (κ1) is 19.6. The quantitative estimate of drug-likeness (QED) is 0.501. The van der Waals surface area contributed by atoms with Gasteiger partial charge in [-0.1, -0.05) is 0 Å². The third-order valence-electron chi connectivity index (χ3n) is 4.27. The number of pyridine rings is 1. The first-order valence-electron chi connectivity index (χ1n) is 8.72. The molecule has 0 unspecified atom stereocenters. The lowest BCUT2D eigenvalue weighted by atomic mass is 10.1. The Bertz CT molecular complexity index is 1180. The number of hydrogen-bond donors (Lipinski definition) is 1. The van der Waals surface area contributed by atoms with E-state index in [-0.39, 0.29) is 5.82 Å². The highest BCUT2D eigenvalue weighted by Gasteiger charge is 2.22. The molecule has 9 heteroatoms. The summed E-state index contributed by atoms with van der Waals surface area (Å²) in [6.07, 6.45) is 3.34. The van der Waals surface area contributed by atoms with Gasteiger partial charge in [0.1, 0.15) is 14.9 Å². The highest BCUT2D eigenvalue weighted by atomic mass is 32.2. The minimum absolute atomic E-state index is 0.336. The van der Waals surface area contributed by atoms with Crippen molar-refractivity contribution >= 4 is 38.0 Å². The zero-order valence-electron chi connectivity index (χ0n) is 15.5. The van der Waals surface area contributed by atoms with Crippen LogP contribution in [0.2, 0.25) is 0 Å². The standard InChI is InChI=1S/C20H17FN4O2S2/c1-27-9-10-29(26)20-16(22)15-17(12-4-6-14(21)7-5-12)24-18(25-19(15)28-20)13-3-2-8-23-11-13/h2-8,11H,9-10,22H2,1H3/t29-/m1/s1. The minimum Gasteiger partial charge on any atom is -0.396 e. The van der Waals surface area contributed by atoms with E-state index in [1.54, 1.807) is 37.7 Å². The third-order valence-corrected chi connectivity index (χ3v) is 7.14. The van der Waals surface area contributed by atoms with Crippen molar-refractivity contribution < 1.29 is 13.3 Å². The number of benzene rings is 1. The van der Waals surface area contributed by atoms with Crippen molar-refractivity contribution in [1.29, 1.82) is 0 Å². The average molecular weight is 429 g/mol. The number of fused-ring (bicyclic) bond motifs is 1. The highest BCUT2D eigenvalue weighted by Crippen LogP contribution is 2.41. The summed E-state index contributed by atoms with van der Waals surface area (Å²) in [6, 6.07) is 9.68. The van der Waals surface area contributed by atoms with E-state index in [1.807, 2.05) is 6.07 Å². The number of methoxy groups -OCH3 is 1. The molecule has 3 aromatic heterocycles. The Morgan fingerprint density at radius 3 is 2.66 bits per heavy atom. The molecule has 6 nitrogen and oxygen atoms in total. The van der Waals surface area contributed by atoms with Crippen LogP contribution in [0.1, 0.15) is 0 Å². The maximum absolute atomic E-state index is 13.5. The fourth-order valence-corrected chi connectivity index (χ4v) is 5.40. The number of ether oxygens (including phenoxy) is 1. The number of aromatic nitrogens is 3. The fourth-order valence-electron chi connectivity index (χ4n) is 2.86. The Hall–Kier alpha value is -2.75. The van der Waals surface area contributed by atoms with Crippen molar-refractivity contribution in [1.82, 2.24) is 15.0 Å². The van der Waals surface area contributed by atoms with Gasteiger partial charge in [-0.3, -0.25) is 9.19 Å². The molecule has 0 aliphatic rings. The molecule has 29 heavy (non-hydrogen) atoms. The smallest absolute Gasteiger partial charge is 0.162 e. The summed E-state index contributed by atoms with van der Waals surface area (Å²) in [5, 5.41) is 0.620. The molecule has 0 fully saturated rings. The molecule has 0 saturated carbocycles. The summed E-state index contributed by atoms with van der Waals surface area (Å²) in [5.74, 6) is 0.467. The zero-order chi connectivity index (χ0) is 20.4. The molecule has 1 atom stereocenters. The molecule has 0 amide bonds. The molecule has 0 radical (unpaired) electrons. The number of nitrogen functional groups attached to an aromatic ring is 1.